The van der Waals surface area contributed by atoms with Gasteiger partial charge >= 0.3 is 18.0 Å². The molecule has 0 radical (unpaired) electrons. The molecular formula is C34H55N3O9. The fourth-order valence-electron chi connectivity index (χ4n) is 4.03. The van der Waals surface area contributed by atoms with Crippen LogP contribution in [0.1, 0.15) is 101 Å². The van der Waals surface area contributed by atoms with Gasteiger partial charge in [0.1, 0.15) is 34.9 Å². The summed E-state index contributed by atoms with van der Waals surface area (Å²) in [4.78, 5) is 65.4. The van der Waals surface area contributed by atoms with Gasteiger partial charge in [-0.1, -0.05) is 44.2 Å². The summed E-state index contributed by atoms with van der Waals surface area (Å²) in [5.74, 6) is -2.57. The number of ether oxygens (including phenoxy) is 4. The Morgan fingerprint density at radius 2 is 1.20 bits per heavy atom. The van der Waals surface area contributed by atoms with Gasteiger partial charge < -0.3 is 34.9 Å². The number of esters is 2. The van der Waals surface area contributed by atoms with Crippen LogP contribution in [0, 0.1) is 5.92 Å². The van der Waals surface area contributed by atoms with Crippen LogP contribution in [0.3, 0.4) is 0 Å². The molecule has 1 rings (SSSR count). The van der Waals surface area contributed by atoms with Gasteiger partial charge in [0.25, 0.3) is 0 Å². The molecule has 1 aromatic rings. The number of carbonyl (C=O) groups excluding carboxylic acids is 5. The van der Waals surface area contributed by atoms with Gasteiger partial charge in [-0.05, 0) is 86.6 Å². The summed E-state index contributed by atoms with van der Waals surface area (Å²) in [6, 6.07) is 5.75. The molecule has 0 aliphatic rings. The van der Waals surface area contributed by atoms with E-state index in [0.29, 0.717) is 6.42 Å². The number of rotatable bonds is 15. The van der Waals surface area contributed by atoms with E-state index < -0.39 is 64.8 Å². The predicted molar refractivity (Wildman–Crippen MR) is 173 cm³/mol. The molecule has 1 aromatic carbocycles. The molecule has 0 heterocycles. The number of benzene rings is 1. The molecule has 12 nitrogen and oxygen atoms in total. The maximum absolute atomic E-state index is 13.6. The SMILES string of the molecule is CC(C)C[C@H](NC(=O)[C@H](COCc1ccccc1)NC(=O)[C@H](CCC(=O)OC(C)(C)C)NC(=O)OC(C)(C)C)C(=O)OC(C)(C)C. The summed E-state index contributed by atoms with van der Waals surface area (Å²) < 4.78 is 22.0. The molecule has 0 aliphatic carbocycles. The van der Waals surface area contributed by atoms with Crippen molar-refractivity contribution in [2.75, 3.05) is 6.61 Å². The van der Waals surface area contributed by atoms with Crippen molar-refractivity contribution < 1.29 is 42.9 Å². The van der Waals surface area contributed by atoms with Gasteiger partial charge in [0.2, 0.25) is 11.8 Å². The fraction of sp³-hybridized carbons (Fsp3) is 0.676. The summed E-state index contributed by atoms with van der Waals surface area (Å²) in [7, 11) is 0. The Morgan fingerprint density at radius 1 is 0.674 bits per heavy atom. The zero-order valence-electron chi connectivity index (χ0n) is 29.4. The van der Waals surface area contributed by atoms with Crippen molar-refractivity contribution in [1.29, 1.82) is 0 Å². The second kappa shape index (κ2) is 17.9. The smallest absolute Gasteiger partial charge is 0.408 e. The average Bonchev–Trinajstić information content (AvgIpc) is 2.87. The molecule has 0 fully saturated rings. The normalized spacial score (nSPS) is 14.0. The highest BCUT2D eigenvalue weighted by molar-refractivity contribution is 5.93. The van der Waals surface area contributed by atoms with E-state index in [4.69, 9.17) is 18.9 Å². The van der Waals surface area contributed by atoms with E-state index in [9.17, 15) is 24.0 Å². The lowest BCUT2D eigenvalue weighted by Crippen LogP contribution is -2.58. The Hall–Kier alpha value is -3.67. The summed E-state index contributed by atoms with van der Waals surface area (Å²) in [5.41, 5.74) is -1.52. The van der Waals surface area contributed by atoms with Crippen LogP contribution in [0.15, 0.2) is 30.3 Å². The number of nitrogens with one attached hydrogen (secondary N) is 3. The van der Waals surface area contributed by atoms with Gasteiger partial charge in [-0.3, -0.25) is 14.4 Å². The monoisotopic (exact) mass is 649 g/mol. The zero-order valence-corrected chi connectivity index (χ0v) is 29.4. The largest absolute Gasteiger partial charge is 0.460 e. The maximum Gasteiger partial charge on any atom is 0.408 e. The number of hydrogen-bond acceptors (Lipinski definition) is 9. The molecule has 260 valence electrons. The van der Waals surface area contributed by atoms with E-state index >= 15 is 0 Å². The Morgan fingerprint density at radius 3 is 1.72 bits per heavy atom. The lowest BCUT2D eigenvalue weighted by Gasteiger charge is -2.28. The highest BCUT2D eigenvalue weighted by atomic mass is 16.6. The topological polar surface area (TPSA) is 158 Å². The van der Waals surface area contributed by atoms with E-state index in [0.717, 1.165) is 5.56 Å². The molecule has 0 bridgehead atoms. The van der Waals surface area contributed by atoms with Crippen LogP contribution in [-0.4, -0.2) is 71.4 Å². The molecule has 0 unspecified atom stereocenters. The minimum absolute atomic E-state index is 0.0375. The molecule has 0 aromatic heterocycles. The van der Waals surface area contributed by atoms with Crippen molar-refractivity contribution in [3.63, 3.8) is 0 Å². The highest BCUT2D eigenvalue weighted by Gasteiger charge is 2.33. The summed E-state index contributed by atoms with van der Waals surface area (Å²) in [6.45, 7) is 19.1. The third-order valence-electron chi connectivity index (χ3n) is 5.81. The van der Waals surface area contributed by atoms with Crippen molar-refractivity contribution in [1.82, 2.24) is 16.0 Å². The first-order valence-electron chi connectivity index (χ1n) is 15.7. The van der Waals surface area contributed by atoms with Crippen LogP contribution in [0.25, 0.3) is 0 Å². The van der Waals surface area contributed by atoms with E-state index in [1.54, 1.807) is 62.3 Å². The molecule has 0 spiro atoms. The number of hydrogen-bond donors (Lipinski definition) is 3. The van der Waals surface area contributed by atoms with Gasteiger partial charge in [0.05, 0.1) is 13.2 Å². The first-order valence-corrected chi connectivity index (χ1v) is 15.7. The van der Waals surface area contributed by atoms with Gasteiger partial charge in [-0.2, -0.15) is 0 Å². The van der Waals surface area contributed by atoms with Crippen molar-refractivity contribution in [3.05, 3.63) is 35.9 Å². The average molecular weight is 650 g/mol. The summed E-state index contributed by atoms with van der Waals surface area (Å²) in [6.07, 6.45) is -0.903. The molecular weight excluding hydrogens is 594 g/mol. The second-order valence-corrected chi connectivity index (χ2v) is 14.6. The van der Waals surface area contributed by atoms with Crippen molar-refractivity contribution in [2.45, 2.75) is 137 Å². The first kappa shape index (κ1) is 40.4. The van der Waals surface area contributed by atoms with Crippen LogP contribution in [0.4, 0.5) is 4.79 Å². The fourth-order valence-corrected chi connectivity index (χ4v) is 4.03. The molecule has 12 heteroatoms. The zero-order chi connectivity index (χ0) is 35.3. The van der Waals surface area contributed by atoms with Crippen LogP contribution in [0.2, 0.25) is 0 Å². The first-order chi connectivity index (χ1) is 21.0. The minimum atomic E-state index is -1.27. The predicted octanol–water partition coefficient (Wildman–Crippen LogP) is 4.58. The summed E-state index contributed by atoms with van der Waals surface area (Å²) in [5, 5.41) is 7.86. The Balaban J connectivity index is 3.25. The van der Waals surface area contributed by atoms with E-state index in [2.05, 4.69) is 16.0 Å². The summed E-state index contributed by atoms with van der Waals surface area (Å²) >= 11 is 0. The quantitative estimate of drug-likeness (QED) is 0.183. The Kier molecular flexibility index (Phi) is 15.7. The van der Waals surface area contributed by atoms with Crippen molar-refractivity contribution >= 4 is 29.8 Å². The van der Waals surface area contributed by atoms with Crippen LogP contribution < -0.4 is 16.0 Å². The number of amides is 3. The van der Waals surface area contributed by atoms with Gasteiger partial charge in [-0.15, -0.1) is 0 Å². The van der Waals surface area contributed by atoms with Gasteiger partial charge in [0, 0.05) is 6.42 Å². The van der Waals surface area contributed by atoms with E-state index in [1.165, 1.54) is 0 Å². The molecule has 3 N–H and O–H groups in total. The van der Waals surface area contributed by atoms with Gasteiger partial charge in [-0.25, -0.2) is 9.59 Å². The minimum Gasteiger partial charge on any atom is -0.460 e. The van der Waals surface area contributed by atoms with Crippen molar-refractivity contribution in [2.24, 2.45) is 5.92 Å². The third-order valence-corrected chi connectivity index (χ3v) is 5.81. The Bertz CT molecular complexity index is 1150. The third kappa shape index (κ3) is 18.3. The van der Waals surface area contributed by atoms with Crippen molar-refractivity contribution in [3.8, 4) is 0 Å². The van der Waals surface area contributed by atoms with Crippen LogP contribution in [0.5, 0.6) is 0 Å². The van der Waals surface area contributed by atoms with Gasteiger partial charge in [0.15, 0.2) is 0 Å². The van der Waals surface area contributed by atoms with E-state index in [-0.39, 0.29) is 32.0 Å². The standard InChI is InChI=1S/C34H55N3O9/c1-22(2)19-25(30(41)45-33(6,7)8)35-29(40)26(21-43-20-23-15-13-12-14-16-23)36-28(39)24(37-31(42)46-34(9,10)11)17-18-27(38)44-32(3,4)5/h12-16,22,24-26H,17-21H2,1-11H3,(H,35,40)(H,36,39)(H,37,42)/t24-,25-,26-/m0/s1. The lowest BCUT2D eigenvalue weighted by atomic mass is 10.0. The molecule has 0 saturated carbocycles. The number of carbonyl (C=O) groups is 5. The second-order valence-electron chi connectivity index (χ2n) is 14.6. The molecule has 3 amide bonds. The molecule has 0 saturated heterocycles. The van der Waals surface area contributed by atoms with Crippen LogP contribution in [-0.2, 0) is 44.7 Å². The lowest BCUT2D eigenvalue weighted by molar-refractivity contribution is -0.159. The molecule has 46 heavy (non-hydrogen) atoms. The molecule has 0 aliphatic heterocycles. The highest BCUT2D eigenvalue weighted by Crippen LogP contribution is 2.15. The Labute approximate surface area is 274 Å². The number of alkyl carbamates (subject to hydrolysis) is 1. The molecule has 3 atom stereocenters. The van der Waals surface area contributed by atoms with Crippen LogP contribution >= 0.6 is 0 Å². The maximum atomic E-state index is 13.6. The van der Waals surface area contributed by atoms with E-state index in [1.807, 2.05) is 44.2 Å².